The van der Waals surface area contributed by atoms with Crippen LogP contribution in [0.1, 0.15) is 20.8 Å². The summed E-state index contributed by atoms with van der Waals surface area (Å²) in [6.07, 6.45) is 0.419. The van der Waals surface area contributed by atoms with Gasteiger partial charge < -0.3 is 18.0 Å². The summed E-state index contributed by atoms with van der Waals surface area (Å²) in [5.41, 5.74) is 0. The van der Waals surface area contributed by atoms with Crippen LogP contribution in [0.4, 0.5) is 0 Å². The first-order valence-electron chi connectivity index (χ1n) is 4.65. The molecule has 0 heterocycles. The van der Waals surface area contributed by atoms with Crippen LogP contribution in [0.3, 0.4) is 0 Å². The Hall–Kier alpha value is 0.0569. The summed E-state index contributed by atoms with van der Waals surface area (Å²) in [4.78, 5) is 0. The average Bonchev–Trinajstić information content (AvgIpc) is 2.06. The summed E-state index contributed by atoms with van der Waals surface area (Å²) in [7, 11) is -0.894. The lowest BCUT2D eigenvalue weighted by molar-refractivity contribution is 0.0412. The summed E-state index contributed by atoms with van der Waals surface area (Å²) < 4.78 is 21.6. The molecule has 0 saturated carbocycles. The Bertz CT molecular complexity index is 91.2. The zero-order chi connectivity index (χ0) is 10.2. The van der Waals surface area contributed by atoms with Gasteiger partial charge in [0, 0.05) is 26.9 Å². The summed E-state index contributed by atoms with van der Waals surface area (Å²) in [6, 6.07) is 0. The minimum atomic E-state index is -2.52. The van der Waals surface area contributed by atoms with Crippen LogP contribution in [0, 0.1) is 0 Å². The molecule has 0 unspecified atom stereocenters. The first-order chi connectivity index (χ1) is 6.24. The van der Waals surface area contributed by atoms with Gasteiger partial charge in [0.1, 0.15) is 6.23 Å². The van der Waals surface area contributed by atoms with Crippen molar-refractivity contribution in [2.24, 2.45) is 0 Å². The van der Waals surface area contributed by atoms with E-state index in [-0.39, 0.29) is 0 Å². The van der Waals surface area contributed by atoms with Gasteiger partial charge >= 0.3 is 8.80 Å². The Balaban J connectivity index is 4.19. The Labute approximate surface area is 81.5 Å². The lowest BCUT2D eigenvalue weighted by atomic mass is 10.9. The van der Waals surface area contributed by atoms with Crippen LogP contribution in [0.15, 0.2) is 0 Å². The lowest BCUT2D eigenvalue weighted by Crippen LogP contribution is -2.50. The molecule has 0 amide bonds. The van der Waals surface area contributed by atoms with Gasteiger partial charge in [-0.3, -0.25) is 0 Å². The molecule has 0 aliphatic heterocycles. The van der Waals surface area contributed by atoms with Crippen LogP contribution in [-0.2, 0) is 18.0 Å². The van der Waals surface area contributed by atoms with E-state index in [1.807, 2.05) is 20.8 Å². The van der Waals surface area contributed by atoms with Gasteiger partial charge in [-0.2, -0.15) is 0 Å². The molecule has 0 aromatic carbocycles. The SMILES string of the molecule is CCO[Si](COC)(OCC)OCC. The zero-order valence-electron chi connectivity index (χ0n) is 8.96. The molecule has 5 heteroatoms. The second kappa shape index (κ2) is 7.46. The third-order valence-corrected chi connectivity index (χ3v) is 4.24. The van der Waals surface area contributed by atoms with Crippen molar-refractivity contribution in [2.75, 3.05) is 33.2 Å². The lowest BCUT2D eigenvalue weighted by Gasteiger charge is -2.27. The molecule has 0 radical (unpaired) electrons. The molecule has 0 rings (SSSR count). The van der Waals surface area contributed by atoms with Crippen LogP contribution in [0.5, 0.6) is 0 Å². The molecule has 0 fully saturated rings. The summed E-state index contributed by atoms with van der Waals surface area (Å²) in [5.74, 6) is 0. The van der Waals surface area contributed by atoms with E-state index < -0.39 is 8.80 Å². The molecule has 13 heavy (non-hydrogen) atoms. The first-order valence-corrected chi connectivity index (χ1v) is 6.58. The Morgan fingerprint density at radius 2 is 1.23 bits per heavy atom. The fourth-order valence-electron chi connectivity index (χ4n) is 1.09. The van der Waals surface area contributed by atoms with Crippen LogP contribution < -0.4 is 0 Å². The smallest absolute Gasteiger partial charge is 0.380 e. The molecule has 0 aliphatic carbocycles. The standard InChI is InChI=1S/C8H20O4Si/c1-5-10-13(8-9-4,11-6-2)12-7-3/h5-8H2,1-4H3. The number of methoxy groups -OCH3 is 1. The second-order valence-electron chi connectivity index (χ2n) is 2.42. The highest BCUT2D eigenvalue weighted by Crippen LogP contribution is 2.09. The van der Waals surface area contributed by atoms with Gasteiger partial charge in [-0.25, -0.2) is 0 Å². The van der Waals surface area contributed by atoms with Crippen molar-refractivity contribution in [3.8, 4) is 0 Å². The van der Waals surface area contributed by atoms with Crippen molar-refractivity contribution in [3.63, 3.8) is 0 Å². The largest absolute Gasteiger partial charge is 0.528 e. The predicted molar refractivity (Wildman–Crippen MR) is 52.5 cm³/mol. The van der Waals surface area contributed by atoms with Crippen LogP contribution in [-0.4, -0.2) is 42.0 Å². The van der Waals surface area contributed by atoms with Gasteiger partial charge in [0.15, 0.2) is 0 Å². The summed E-state index contributed by atoms with van der Waals surface area (Å²) >= 11 is 0. The third kappa shape index (κ3) is 4.73. The molecular weight excluding hydrogens is 188 g/mol. The van der Waals surface area contributed by atoms with Gasteiger partial charge in [-0.15, -0.1) is 0 Å². The molecule has 0 aromatic rings. The van der Waals surface area contributed by atoms with Crippen molar-refractivity contribution in [1.29, 1.82) is 0 Å². The number of hydrogen-bond donors (Lipinski definition) is 0. The van der Waals surface area contributed by atoms with Gasteiger partial charge in [-0.1, -0.05) is 0 Å². The molecule has 0 N–H and O–H groups in total. The number of hydrogen-bond acceptors (Lipinski definition) is 4. The molecule has 0 saturated heterocycles. The maximum Gasteiger partial charge on any atom is 0.528 e. The van der Waals surface area contributed by atoms with Gasteiger partial charge in [0.2, 0.25) is 0 Å². The molecular formula is C8H20O4Si. The van der Waals surface area contributed by atoms with Crippen LogP contribution >= 0.6 is 0 Å². The first kappa shape index (κ1) is 13.1. The molecule has 80 valence electrons. The molecule has 0 aromatic heterocycles. The topological polar surface area (TPSA) is 36.9 Å². The van der Waals surface area contributed by atoms with Gasteiger partial charge in [0.05, 0.1) is 0 Å². The Kier molecular flexibility index (Phi) is 7.49. The highest BCUT2D eigenvalue weighted by Gasteiger charge is 2.40. The van der Waals surface area contributed by atoms with Crippen LogP contribution in [0.25, 0.3) is 0 Å². The van der Waals surface area contributed by atoms with E-state index in [4.69, 9.17) is 18.0 Å². The average molecular weight is 208 g/mol. The van der Waals surface area contributed by atoms with Crippen LogP contribution in [0.2, 0.25) is 0 Å². The van der Waals surface area contributed by atoms with Crippen molar-refractivity contribution in [2.45, 2.75) is 20.8 Å². The third-order valence-electron chi connectivity index (χ3n) is 1.41. The quantitative estimate of drug-likeness (QED) is 0.562. The maximum atomic E-state index is 5.52. The summed E-state index contributed by atoms with van der Waals surface area (Å²) in [5, 5.41) is 0. The van der Waals surface area contributed by atoms with Crippen molar-refractivity contribution >= 4 is 8.80 Å². The minimum absolute atomic E-state index is 0.419. The molecule has 0 aliphatic rings. The van der Waals surface area contributed by atoms with E-state index >= 15 is 0 Å². The molecule has 0 atom stereocenters. The van der Waals surface area contributed by atoms with Gasteiger partial charge in [-0.05, 0) is 20.8 Å². The van der Waals surface area contributed by atoms with E-state index in [1.54, 1.807) is 7.11 Å². The highest BCUT2D eigenvalue weighted by molar-refractivity contribution is 6.60. The van der Waals surface area contributed by atoms with Crippen molar-refractivity contribution < 1.29 is 18.0 Å². The van der Waals surface area contributed by atoms with E-state index in [2.05, 4.69) is 0 Å². The van der Waals surface area contributed by atoms with Crippen molar-refractivity contribution in [3.05, 3.63) is 0 Å². The maximum absolute atomic E-state index is 5.52. The van der Waals surface area contributed by atoms with E-state index in [1.165, 1.54) is 0 Å². The Morgan fingerprint density at radius 1 is 0.846 bits per heavy atom. The van der Waals surface area contributed by atoms with Crippen molar-refractivity contribution in [1.82, 2.24) is 0 Å². The number of ether oxygens (including phenoxy) is 1. The fraction of sp³-hybridized carbons (Fsp3) is 1.00. The van der Waals surface area contributed by atoms with Gasteiger partial charge in [0.25, 0.3) is 0 Å². The molecule has 0 spiro atoms. The highest BCUT2D eigenvalue weighted by atomic mass is 28.4. The summed E-state index contributed by atoms with van der Waals surface area (Å²) in [6.45, 7) is 7.56. The number of rotatable bonds is 8. The molecule has 0 bridgehead atoms. The zero-order valence-corrected chi connectivity index (χ0v) is 9.96. The molecule has 4 nitrogen and oxygen atoms in total. The van der Waals surface area contributed by atoms with E-state index in [0.717, 1.165) is 0 Å². The predicted octanol–water partition coefficient (Wildman–Crippen LogP) is 1.22. The minimum Gasteiger partial charge on any atom is -0.380 e. The fourth-order valence-corrected chi connectivity index (χ4v) is 3.26. The Morgan fingerprint density at radius 3 is 1.46 bits per heavy atom. The normalized spacial score (nSPS) is 12.0. The second-order valence-corrected chi connectivity index (χ2v) is 4.94. The van der Waals surface area contributed by atoms with E-state index in [0.29, 0.717) is 26.1 Å². The van der Waals surface area contributed by atoms with E-state index in [9.17, 15) is 0 Å². The monoisotopic (exact) mass is 208 g/mol.